The van der Waals surface area contributed by atoms with Crippen LogP contribution in [-0.4, -0.2) is 21.6 Å². The Bertz CT molecular complexity index is 246. The molecular weight excluding hydrogens is 180 g/mol. The lowest BCUT2D eigenvalue weighted by atomic mass is 10.1. The van der Waals surface area contributed by atoms with Crippen LogP contribution >= 0.6 is 0 Å². The van der Waals surface area contributed by atoms with Gasteiger partial charge in [0, 0.05) is 0 Å². The van der Waals surface area contributed by atoms with Crippen LogP contribution < -0.4 is 4.74 Å². The summed E-state index contributed by atoms with van der Waals surface area (Å²) in [5.41, 5.74) is 0.961. The van der Waals surface area contributed by atoms with Crippen molar-refractivity contribution in [1.29, 1.82) is 0 Å². The lowest BCUT2D eigenvalue weighted by molar-refractivity contribution is 0.173. The topological polar surface area (TPSA) is 29.5 Å². The maximum absolute atomic E-state index is 9.52. The van der Waals surface area contributed by atoms with E-state index in [9.17, 15) is 5.11 Å². The van der Waals surface area contributed by atoms with E-state index >= 15 is 0 Å². The van der Waals surface area contributed by atoms with Gasteiger partial charge in [-0.25, -0.2) is 0 Å². The van der Waals surface area contributed by atoms with E-state index in [0.29, 0.717) is 0 Å². The second-order valence-corrected chi connectivity index (χ2v) is 3.50. The van der Waals surface area contributed by atoms with Crippen LogP contribution in [0.2, 0.25) is 0 Å². The van der Waals surface area contributed by atoms with E-state index in [2.05, 4.69) is 0 Å². The summed E-state index contributed by atoms with van der Waals surface area (Å²) in [5.74, 6) is 0.891. The molecule has 0 radical (unpaired) electrons. The highest BCUT2D eigenvalue weighted by molar-refractivity contribution is 6.08. The molecule has 72 valence electrons. The minimum atomic E-state index is -0.343. The molecule has 1 aromatic carbocycles. The lowest BCUT2D eigenvalue weighted by Gasteiger charge is -2.08. The summed E-state index contributed by atoms with van der Waals surface area (Å²) < 4.78 is 5.35. The monoisotopic (exact) mass is 196 g/mol. The van der Waals surface area contributed by atoms with E-state index in [0.717, 1.165) is 34.2 Å². The quantitative estimate of drug-likeness (QED) is 0.723. The van der Waals surface area contributed by atoms with Gasteiger partial charge in [-0.3, -0.25) is 0 Å². The summed E-state index contributed by atoms with van der Waals surface area (Å²) >= 11 is 0. The Balaban J connectivity index is 2.69. The van der Waals surface area contributed by atoms with Gasteiger partial charge in [0.15, 0.2) is 0 Å². The first kappa shape index (κ1) is 10.3. The molecule has 0 saturated carbocycles. The van der Waals surface area contributed by atoms with Crippen LogP contribution in [0, 0.1) is 0 Å². The second kappa shape index (κ2) is 5.04. The van der Waals surface area contributed by atoms with Gasteiger partial charge < -0.3 is 9.84 Å². The van der Waals surface area contributed by atoms with Crippen molar-refractivity contribution in [2.45, 2.75) is 19.4 Å². The van der Waals surface area contributed by atoms with Crippen LogP contribution in [0.3, 0.4) is 0 Å². The van der Waals surface area contributed by atoms with Crippen molar-refractivity contribution in [2.75, 3.05) is 6.23 Å². The molecule has 0 spiro atoms. The number of benzene rings is 1. The van der Waals surface area contributed by atoms with E-state index in [4.69, 9.17) is 4.74 Å². The molecule has 0 heterocycles. The van der Waals surface area contributed by atoms with E-state index in [1.807, 2.05) is 31.2 Å². The van der Waals surface area contributed by atoms with Crippen LogP contribution in [-0.2, 0) is 0 Å². The Labute approximate surface area is 82.0 Å². The van der Waals surface area contributed by atoms with Crippen LogP contribution in [0.4, 0.5) is 0 Å². The van der Waals surface area contributed by atoms with Gasteiger partial charge >= 0.3 is 0 Å². The average Bonchev–Trinajstić information content (AvgIpc) is 2.18. The number of hydrogen-bond donors (Lipinski definition) is 1. The Morgan fingerprint density at radius 2 is 2.00 bits per heavy atom. The summed E-state index contributed by atoms with van der Waals surface area (Å²) in [6, 6.07) is 7.65. The van der Waals surface area contributed by atoms with Gasteiger partial charge in [0.2, 0.25) is 0 Å². The molecule has 13 heavy (non-hydrogen) atoms. The maximum atomic E-state index is 9.52. The molecule has 0 aliphatic rings. The molecular formula is C10H16O2Si. The van der Waals surface area contributed by atoms with Crippen molar-refractivity contribution in [3.05, 3.63) is 29.8 Å². The van der Waals surface area contributed by atoms with Gasteiger partial charge in [0.25, 0.3) is 0 Å². The third-order valence-corrected chi connectivity index (χ3v) is 2.25. The highest BCUT2D eigenvalue weighted by Crippen LogP contribution is 2.19. The number of aliphatic hydroxyl groups is 1. The number of aliphatic hydroxyl groups excluding tert-OH is 1. The number of ether oxygens (including phenoxy) is 1. The summed E-state index contributed by atoms with van der Waals surface area (Å²) in [4.78, 5) is 0. The Kier molecular flexibility index (Phi) is 3.99. The Hall–Kier alpha value is -0.803. The zero-order valence-electron chi connectivity index (χ0n) is 8.16. The molecule has 1 unspecified atom stereocenters. The van der Waals surface area contributed by atoms with Crippen molar-refractivity contribution < 1.29 is 9.84 Å². The molecule has 0 amide bonds. The molecule has 1 rings (SSSR count). The SMILES string of the molecule is CCC(O)c1ccc(OC[SiH3])cc1. The van der Waals surface area contributed by atoms with Crippen LogP contribution in [0.15, 0.2) is 24.3 Å². The molecule has 1 aromatic rings. The molecule has 0 fully saturated rings. The molecule has 0 aliphatic heterocycles. The fourth-order valence-corrected chi connectivity index (χ4v) is 1.52. The first-order valence-electron chi connectivity index (χ1n) is 4.68. The van der Waals surface area contributed by atoms with Gasteiger partial charge in [-0.05, 0) is 24.1 Å². The van der Waals surface area contributed by atoms with Crippen LogP contribution in [0.1, 0.15) is 25.0 Å². The normalized spacial score (nSPS) is 12.8. The summed E-state index contributed by atoms with van der Waals surface area (Å²) in [6.45, 7) is 1.97. The fourth-order valence-electron chi connectivity index (χ4n) is 1.19. The summed E-state index contributed by atoms with van der Waals surface area (Å²) in [6.07, 6.45) is 1.22. The van der Waals surface area contributed by atoms with Gasteiger partial charge in [-0.2, -0.15) is 0 Å². The minimum absolute atomic E-state index is 0.343. The molecule has 0 aromatic heterocycles. The number of rotatable bonds is 4. The van der Waals surface area contributed by atoms with E-state index in [1.165, 1.54) is 0 Å². The van der Waals surface area contributed by atoms with Crippen molar-refractivity contribution in [3.8, 4) is 5.75 Å². The molecule has 0 aliphatic carbocycles. The molecule has 0 saturated heterocycles. The molecule has 0 bridgehead atoms. The summed E-state index contributed by atoms with van der Waals surface area (Å²) in [7, 11) is 1.05. The average molecular weight is 196 g/mol. The highest BCUT2D eigenvalue weighted by Gasteiger charge is 2.03. The highest BCUT2D eigenvalue weighted by atomic mass is 28.1. The zero-order chi connectivity index (χ0) is 9.68. The zero-order valence-corrected chi connectivity index (χ0v) is 10.2. The van der Waals surface area contributed by atoms with Crippen molar-refractivity contribution in [2.24, 2.45) is 0 Å². The predicted molar refractivity (Wildman–Crippen MR) is 57.1 cm³/mol. The molecule has 3 heteroatoms. The van der Waals surface area contributed by atoms with Crippen molar-refractivity contribution in [1.82, 2.24) is 0 Å². The van der Waals surface area contributed by atoms with Gasteiger partial charge in [-0.1, -0.05) is 19.1 Å². The first-order valence-corrected chi connectivity index (χ1v) is 6.10. The smallest absolute Gasteiger partial charge is 0.118 e. The van der Waals surface area contributed by atoms with Crippen molar-refractivity contribution >= 4 is 10.2 Å². The van der Waals surface area contributed by atoms with Crippen molar-refractivity contribution in [3.63, 3.8) is 0 Å². The molecule has 1 atom stereocenters. The molecule has 2 nitrogen and oxygen atoms in total. The minimum Gasteiger partial charge on any atom is -0.498 e. The third-order valence-electron chi connectivity index (χ3n) is 1.96. The maximum Gasteiger partial charge on any atom is 0.118 e. The van der Waals surface area contributed by atoms with Gasteiger partial charge in [0.1, 0.15) is 5.75 Å². The van der Waals surface area contributed by atoms with Crippen LogP contribution in [0.25, 0.3) is 0 Å². The van der Waals surface area contributed by atoms with E-state index in [1.54, 1.807) is 0 Å². The number of hydrogen-bond acceptors (Lipinski definition) is 2. The first-order chi connectivity index (χ1) is 6.27. The largest absolute Gasteiger partial charge is 0.498 e. The second-order valence-electron chi connectivity index (χ2n) is 2.93. The van der Waals surface area contributed by atoms with Gasteiger partial charge in [-0.15, -0.1) is 0 Å². The summed E-state index contributed by atoms with van der Waals surface area (Å²) in [5, 5.41) is 9.52. The fraction of sp³-hybridized carbons (Fsp3) is 0.400. The molecule has 1 N–H and O–H groups in total. The lowest BCUT2D eigenvalue weighted by Crippen LogP contribution is -1.97. The van der Waals surface area contributed by atoms with Crippen LogP contribution in [0.5, 0.6) is 5.75 Å². The standard InChI is InChI=1S/C10H16O2Si/c1-2-10(11)8-3-5-9(6-4-8)12-7-13/h3-6,10-11H,2,7H2,1,13H3. The van der Waals surface area contributed by atoms with E-state index in [-0.39, 0.29) is 6.10 Å². The van der Waals surface area contributed by atoms with Gasteiger partial charge in [0.05, 0.1) is 22.6 Å². The van der Waals surface area contributed by atoms with E-state index < -0.39 is 0 Å². The predicted octanol–water partition coefficient (Wildman–Crippen LogP) is 0.832. The Morgan fingerprint density at radius 3 is 2.46 bits per heavy atom. The third kappa shape index (κ3) is 2.86. The Morgan fingerprint density at radius 1 is 1.38 bits per heavy atom.